The van der Waals surface area contributed by atoms with Gasteiger partial charge in [-0.25, -0.2) is 0 Å². The summed E-state index contributed by atoms with van der Waals surface area (Å²) >= 11 is 0. The third-order valence-electron chi connectivity index (χ3n) is 3.83. The Morgan fingerprint density at radius 3 is 2.17 bits per heavy atom. The van der Waals surface area contributed by atoms with Crippen molar-refractivity contribution in [1.29, 1.82) is 0 Å². The molecule has 0 saturated carbocycles. The molecule has 0 atom stereocenters. The molecule has 23 heavy (non-hydrogen) atoms. The lowest BCUT2D eigenvalue weighted by atomic mass is 10.1. The Bertz CT molecular complexity index is 775. The van der Waals surface area contributed by atoms with E-state index in [4.69, 9.17) is 4.52 Å². The Labute approximate surface area is 135 Å². The molecular formula is C19H18N2O2. The Balaban J connectivity index is 1.99. The van der Waals surface area contributed by atoms with E-state index < -0.39 is 0 Å². The second kappa shape index (κ2) is 6.48. The molecule has 116 valence electrons. The maximum Gasteiger partial charge on any atom is 0.258 e. The second-order valence-corrected chi connectivity index (χ2v) is 5.40. The molecule has 3 aromatic rings. The smallest absolute Gasteiger partial charge is 0.258 e. The molecule has 3 rings (SSSR count). The first-order chi connectivity index (χ1) is 11.2. The molecule has 0 radical (unpaired) electrons. The average molecular weight is 306 g/mol. The van der Waals surface area contributed by atoms with E-state index in [-0.39, 0.29) is 5.91 Å². The highest BCUT2D eigenvalue weighted by molar-refractivity contribution is 6.06. The Morgan fingerprint density at radius 1 is 1.00 bits per heavy atom. The SMILES string of the molecule is Cc1noc(C)c1CN(C(=O)c1ccccc1)c1ccccc1. The molecule has 0 saturated heterocycles. The highest BCUT2D eigenvalue weighted by Gasteiger charge is 2.21. The van der Waals surface area contributed by atoms with Crippen molar-refractivity contribution >= 4 is 11.6 Å². The second-order valence-electron chi connectivity index (χ2n) is 5.40. The van der Waals surface area contributed by atoms with Gasteiger partial charge in [0.05, 0.1) is 12.2 Å². The highest BCUT2D eigenvalue weighted by atomic mass is 16.5. The van der Waals surface area contributed by atoms with Gasteiger partial charge in [0.25, 0.3) is 5.91 Å². The van der Waals surface area contributed by atoms with Gasteiger partial charge < -0.3 is 9.42 Å². The van der Waals surface area contributed by atoms with Crippen LogP contribution in [0.15, 0.2) is 65.2 Å². The van der Waals surface area contributed by atoms with E-state index in [9.17, 15) is 4.79 Å². The largest absolute Gasteiger partial charge is 0.361 e. The molecule has 4 nitrogen and oxygen atoms in total. The molecule has 0 aliphatic rings. The van der Waals surface area contributed by atoms with E-state index in [1.165, 1.54) is 0 Å². The summed E-state index contributed by atoms with van der Waals surface area (Å²) in [5, 5.41) is 3.98. The summed E-state index contributed by atoms with van der Waals surface area (Å²) in [4.78, 5) is 14.7. The van der Waals surface area contributed by atoms with Gasteiger partial charge in [0.15, 0.2) is 0 Å². The summed E-state index contributed by atoms with van der Waals surface area (Å²) in [5.74, 6) is 0.695. The van der Waals surface area contributed by atoms with Crippen molar-refractivity contribution in [3.05, 3.63) is 83.2 Å². The topological polar surface area (TPSA) is 46.3 Å². The summed E-state index contributed by atoms with van der Waals surface area (Å²) in [6.45, 7) is 4.19. The van der Waals surface area contributed by atoms with Gasteiger partial charge in [-0.3, -0.25) is 4.79 Å². The Morgan fingerprint density at radius 2 is 1.61 bits per heavy atom. The van der Waals surface area contributed by atoms with E-state index >= 15 is 0 Å². The molecule has 1 heterocycles. The standard InChI is InChI=1S/C19H18N2O2/c1-14-18(15(2)23-20-14)13-21(17-11-7-4-8-12-17)19(22)16-9-5-3-6-10-16/h3-12H,13H2,1-2H3. The zero-order valence-electron chi connectivity index (χ0n) is 13.2. The van der Waals surface area contributed by atoms with Gasteiger partial charge in [-0.15, -0.1) is 0 Å². The van der Waals surface area contributed by atoms with Gasteiger partial charge in [0.2, 0.25) is 0 Å². The number of para-hydroxylation sites is 1. The first kappa shape index (κ1) is 15.0. The molecule has 2 aromatic carbocycles. The van der Waals surface area contributed by atoms with Crippen molar-refractivity contribution in [2.75, 3.05) is 4.90 Å². The van der Waals surface area contributed by atoms with Gasteiger partial charge in [0.1, 0.15) is 5.76 Å². The summed E-state index contributed by atoms with van der Waals surface area (Å²) < 4.78 is 5.23. The van der Waals surface area contributed by atoms with Crippen molar-refractivity contribution in [2.24, 2.45) is 0 Å². The third-order valence-corrected chi connectivity index (χ3v) is 3.83. The maximum atomic E-state index is 13.0. The molecular weight excluding hydrogens is 288 g/mol. The normalized spacial score (nSPS) is 10.5. The van der Waals surface area contributed by atoms with Gasteiger partial charge in [-0.2, -0.15) is 0 Å². The van der Waals surface area contributed by atoms with Gasteiger partial charge in [0, 0.05) is 16.8 Å². The van der Waals surface area contributed by atoms with Crippen molar-refractivity contribution in [2.45, 2.75) is 20.4 Å². The Hall–Kier alpha value is -2.88. The van der Waals surface area contributed by atoms with Crippen LogP contribution in [0, 0.1) is 13.8 Å². The molecule has 0 fully saturated rings. The van der Waals surface area contributed by atoms with Crippen molar-refractivity contribution in [3.8, 4) is 0 Å². The van der Waals surface area contributed by atoms with Crippen LogP contribution in [0.1, 0.15) is 27.4 Å². The summed E-state index contributed by atoms with van der Waals surface area (Å²) in [6, 6.07) is 18.9. The van der Waals surface area contributed by atoms with Crippen LogP contribution >= 0.6 is 0 Å². The van der Waals surface area contributed by atoms with Crippen LogP contribution in [0.4, 0.5) is 5.69 Å². The first-order valence-corrected chi connectivity index (χ1v) is 7.50. The molecule has 1 aromatic heterocycles. The molecule has 0 N–H and O–H groups in total. The number of aryl methyl sites for hydroxylation is 2. The van der Waals surface area contributed by atoms with Gasteiger partial charge in [-0.1, -0.05) is 41.6 Å². The summed E-state index contributed by atoms with van der Waals surface area (Å²) in [6.07, 6.45) is 0. The fraction of sp³-hybridized carbons (Fsp3) is 0.158. The van der Waals surface area contributed by atoms with Crippen LogP contribution in [0.25, 0.3) is 0 Å². The van der Waals surface area contributed by atoms with Crippen LogP contribution in [0.3, 0.4) is 0 Å². The number of hydrogen-bond acceptors (Lipinski definition) is 3. The number of amides is 1. The number of carbonyl (C=O) groups excluding carboxylic acids is 1. The number of carbonyl (C=O) groups is 1. The molecule has 0 spiro atoms. The number of aromatic nitrogens is 1. The zero-order chi connectivity index (χ0) is 16.2. The van der Waals surface area contributed by atoms with E-state index in [0.29, 0.717) is 12.1 Å². The highest BCUT2D eigenvalue weighted by Crippen LogP contribution is 2.23. The van der Waals surface area contributed by atoms with E-state index in [1.807, 2.05) is 74.5 Å². The lowest BCUT2D eigenvalue weighted by molar-refractivity contribution is 0.0985. The monoisotopic (exact) mass is 306 g/mol. The lowest BCUT2D eigenvalue weighted by Crippen LogP contribution is -2.30. The molecule has 0 aliphatic heterocycles. The van der Waals surface area contributed by atoms with Crippen LogP contribution < -0.4 is 4.90 Å². The van der Waals surface area contributed by atoms with Crippen molar-refractivity contribution in [1.82, 2.24) is 5.16 Å². The minimum Gasteiger partial charge on any atom is -0.361 e. The van der Waals surface area contributed by atoms with E-state index in [2.05, 4.69) is 5.16 Å². The number of anilines is 1. The predicted octanol–water partition coefficient (Wildman–Crippen LogP) is 4.14. The number of rotatable bonds is 4. The summed E-state index contributed by atoms with van der Waals surface area (Å²) in [7, 11) is 0. The van der Waals surface area contributed by atoms with Gasteiger partial charge in [-0.05, 0) is 38.1 Å². The van der Waals surface area contributed by atoms with Crippen molar-refractivity contribution < 1.29 is 9.32 Å². The lowest BCUT2D eigenvalue weighted by Gasteiger charge is -2.23. The first-order valence-electron chi connectivity index (χ1n) is 7.50. The zero-order valence-corrected chi connectivity index (χ0v) is 13.2. The molecule has 4 heteroatoms. The molecule has 1 amide bonds. The fourth-order valence-corrected chi connectivity index (χ4v) is 2.51. The summed E-state index contributed by atoms with van der Waals surface area (Å²) in [5.41, 5.74) is 3.26. The van der Waals surface area contributed by atoms with Gasteiger partial charge >= 0.3 is 0 Å². The van der Waals surface area contributed by atoms with E-state index in [0.717, 1.165) is 22.7 Å². The third kappa shape index (κ3) is 3.16. The van der Waals surface area contributed by atoms with Crippen LogP contribution in [-0.2, 0) is 6.54 Å². The van der Waals surface area contributed by atoms with E-state index in [1.54, 1.807) is 4.90 Å². The number of benzene rings is 2. The quantitative estimate of drug-likeness (QED) is 0.728. The maximum absolute atomic E-state index is 13.0. The average Bonchev–Trinajstić information content (AvgIpc) is 2.92. The number of nitrogens with zero attached hydrogens (tertiary/aromatic N) is 2. The molecule has 0 aliphatic carbocycles. The molecule has 0 unspecified atom stereocenters. The molecule has 0 bridgehead atoms. The minimum atomic E-state index is -0.0446. The van der Waals surface area contributed by atoms with Crippen LogP contribution in [-0.4, -0.2) is 11.1 Å². The predicted molar refractivity (Wildman–Crippen MR) is 89.4 cm³/mol. The Kier molecular flexibility index (Phi) is 4.24. The minimum absolute atomic E-state index is 0.0446. The van der Waals surface area contributed by atoms with Crippen LogP contribution in [0.5, 0.6) is 0 Å². The fourth-order valence-electron chi connectivity index (χ4n) is 2.51. The van der Waals surface area contributed by atoms with Crippen molar-refractivity contribution in [3.63, 3.8) is 0 Å². The number of hydrogen-bond donors (Lipinski definition) is 0. The van der Waals surface area contributed by atoms with Crippen LogP contribution in [0.2, 0.25) is 0 Å².